The first kappa shape index (κ1) is 12.2. The van der Waals surface area contributed by atoms with Crippen molar-refractivity contribution in [3.63, 3.8) is 0 Å². The van der Waals surface area contributed by atoms with E-state index in [1.165, 1.54) is 0 Å². The number of carbonyl (C=O) groups is 1. The quantitative estimate of drug-likeness (QED) is 0.844. The van der Waals surface area contributed by atoms with E-state index in [2.05, 4.69) is 15.8 Å². The molecule has 1 saturated heterocycles. The number of oxime groups is 1. The van der Waals surface area contributed by atoms with Crippen LogP contribution in [0.4, 0.5) is 0 Å². The van der Waals surface area contributed by atoms with E-state index in [1.807, 2.05) is 30.3 Å². The Morgan fingerprint density at radius 1 is 1.42 bits per heavy atom. The van der Waals surface area contributed by atoms with E-state index < -0.39 is 0 Å². The topological polar surface area (TPSA) is 62.7 Å². The monoisotopic (exact) mass is 259 g/mol. The minimum Gasteiger partial charge on any atom is -0.387 e. The van der Waals surface area contributed by atoms with Crippen molar-refractivity contribution >= 4 is 11.6 Å². The predicted molar refractivity (Wildman–Crippen MR) is 71.6 cm³/mol. The third-order valence-electron chi connectivity index (χ3n) is 3.60. The fraction of sp³-hybridized carbons (Fsp3) is 0.429. The lowest BCUT2D eigenvalue weighted by Crippen LogP contribution is -2.36. The highest BCUT2D eigenvalue weighted by atomic mass is 16.7. The fourth-order valence-electron chi connectivity index (χ4n) is 2.47. The predicted octanol–water partition coefficient (Wildman–Crippen LogP) is 0.811. The summed E-state index contributed by atoms with van der Waals surface area (Å²) in [5.74, 6) is -0.132. The lowest BCUT2D eigenvalue weighted by Gasteiger charge is -2.18. The lowest BCUT2D eigenvalue weighted by atomic mass is 9.96. The number of carbonyl (C=O) groups excluding carboxylic acids is 1. The van der Waals surface area contributed by atoms with Gasteiger partial charge in [0.05, 0.1) is 0 Å². The van der Waals surface area contributed by atoms with Crippen molar-refractivity contribution in [3.05, 3.63) is 35.9 Å². The van der Waals surface area contributed by atoms with E-state index in [9.17, 15) is 4.79 Å². The highest BCUT2D eigenvalue weighted by Gasteiger charge is 2.43. The van der Waals surface area contributed by atoms with Crippen molar-refractivity contribution in [1.82, 2.24) is 10.6 Å². The summed E-state index contributed by atoms with van der Waals surface area (Å²) in [6.45, 7) is 2.21. The summed E-state index contributed by atoms with van der Waals surface area (Å²) in [4.78, 5) is 17.5. The highest BCUT2D eigenvalue weighted by molar-refractivity contribution is 6.39. The molecule has 1 spiro atoms. The van der Waals surface area contributed by atoms with Gasteiger partial charge in [-0.15, -0.1) is 0 Å². The minimum atomic E-state index is -0.278. The van der Waals surface area contributed by atoms with Crippen molar-refractivity contribution in [2.24, 2.45) is 5.16 Å². The number of rotatable bonds is 3. The third kappa shape index (κ3) is 2.61. The summed E-state index contributed by atoms with van der Waals surface area (Å²) in [5, 5.41) is 10.1. The van der Waals surface area contributed by atoms with E-state index >= 15 is 0 Å². The van der Waals surface area contributed by atoms with Gasteiger partial charge in [-0.1, -0.05) is 35.5 Å². The molecule has 1 aromatic carbocycles. The van der Waals surface area contributed by atoms with Gasteiger partial charge in [0.2, 0.25) is 0 Å². The van der Waals surface area contributed by atoms with Crippen molar-refractivity contribution in [1.29, 1.82) is 0 Å². The van der Waals surface area contributed by atoms with E-state index in [4.69, 9.17) is 4.84 Å². The summed E-state index contributed by atoms with van der Waals surface area (Å²) < 4.78 is 0. The van der Waals surface area contributed by atoms with Gasteiger partial charge in [0.15, 0.2) is 5.60 Å². The zero-order valence-electron chi connectivity index (χ0n) is 10.7. The molecule has 0 aliphatic carbocycles. The molecule has 3 rings (SSSR count). The van der Waals surface area contributed by atoms with Crippen LogP contribution in [0.15, 0.2) is 35.5 Å². The van der Waals surface area contributed by atoms with Crippen molar-refractivity contribution in [2.75, 3.05) is 13.1 Å². The van der Waals surface area contributed by atoms with Crippen molar-refractivity contribution in [3.8, 4) is 0 Å². The Morgan fingerprint density at radius 3 is 3.00 bits per heavy atom. The minimum absolute atomic E-state index is 0.132. The van der Waals surface area contributed by atoms with Gasteiger partial charge >= 0.3 is 0 Å². The number of benzene rings is 1. The van der Waals surface area contributed by atoms with Crippen LogP contribution >= 0.6 is 0 Å². The zero-order chi connectivity index (χ0) is 13.1. The third-order valence-corrected chi connectivity index (χ3v) is 3.60. The molecule has 2 aliphatic rings. The van der Waals surface area contributed by atoms with Crippen LogP contribution < -0.4 is 10.6 Å². The van der Waals surface area contributed by atoms with Gasteiger partial charge in [0, 0.05) is 25.9 Å². The highest BCUT2D eigenvalue weighted by Crippen LogP contribution is 2.29. The van der Waals surface area contributed by atoms with Crippen LogP contribution in [0.1, 0.15) is 18.4 Å². The van der Waals surface area contributed by atoms with Gasteiger partial charge in [-0.05, 0) is 12.1 Å². The molecule has 2 aliphatic heterocycles. The van der Waals surface area contributed by atoms with Crippen molar-refractivity contribution < 1.29 is 9.63 Å². The number of nitrogens with one attached hydrogen (secondary N) is 2. The fourth-order valence-corrected chi connectivity index (χ4v) is 2.47. The van der Waals surface area contributed by atoms with E-state index in [1.54, 1.807) is 0 Å². The maximum absolute atomic E-state index is 12.0. The Labute approximate surface area is 112 Å². The standard InChI is InChI=1S/C14H17N3O2/c18-13(16-9-11-4-2-1-3-5-11)12-8-14(19-17-12)6-7-15-10-14/h1-5,15H,6-10H2,(H,16,18)/t14-/m0/s1. The first-order valence-electron chi connectivity index (χ1n) is 6.55. The summed E-state index contributed by atoms with van der Waals surface area (Å²) in [7, 11) is 0. The van der Waals surface area contributed by atoms with Crippen LogP contribution in [0.5, 0.6) is 0 Å². The van der Waals surface area contributed by atoms with Gasteiger partial charge < -0.3 is 15.5 Å². The normalized spacial score (nSPS) is 25.2. The molecule has 2 heterocycles. The molecule has 0 aromatic heterocycles. The molecular formula is C14H17N3O2. The SMILES string of the molecule is O=C(NCc1ccccc1)C1=NO[C@@]2(CCNC2)C1. The second-order valence-electron chi connectivity index (χ2n) is 5.08. The maximum atomic E-state index is 12.0. The van der Waals surface area contributed by atoms with Gasteiger partial charge in [-0.3, -0.25) is 4.79 Å². The second kappa shape index (κ2) is 5.01. The zero-order valence-corrected chi connectivity index (χ0v) is 10.7. The van der Waals surface area contributed by atoms with E-state index in [-0.39, 0.29) is 11.5 Å². The Balaban J connectivity index is 1.54. The second-order valence-corrected chi connectivity index (χ2v) is 5.08. The average Bonchev–Trinajstić information content (AvgIpc) is 3.08. The van der Waals surface area contributed by atoms with E-state index in [0.29, 0.717) is 18.7 Å². The van der Waals surface area contributed by atoms with Crippen LogP contribution in [0, 0.1) is 0 Å². The van der Waals surface area contributed by atoms with Crippen LogP contribution in [-0.4, -0.2) is 30.3 Å². The molecule has 0 radical (unpaired) electrons. The Kier molecular flexibility index (Phi) is 3.21. The molecule has 2 N–H and O–H groups in total. The smallest absolute Gasteiger partial charge is 0.269 e. The molecule has 19 heavy (non-hydrogen) atoms. The van der Waals surface area contributed by atoms with Gasteiger partial charge in [-0.2, -0.15) is 0 Å². The maximum Gasteiger partial charge on any atom is 0.269 e. The Morgan fingerprint density at radius 2 is 2.26 bits per heavy atom. The Bertz CT molecular complexity index is 493. The molecule has 1 aromatic rings. The Hall–Kier alpha value is -1.88. The molecule has 0 bridgehead atoms. The summed E-state index contributed by atoms with van der Waals surface area (Å²) in [5.41, 5.74) is 1.30. The van der Waals surface area contributed by atoms with Crippen LogP contribution in [0.2, 0.25) is 0 Å². The van der Waals surface area contributed by atoms with Gasteiger partial charge in [0.1, 0.15) is 5.71 Å². The van der Waals surface area contributed by atoms with Crippen molar-refractivity contribution in [2.45, 2.75) is 25.0 Å². The number of hydrogen-bond donors (Lipinski definition) is 2. The molecule has 5 heteroatoms. The number of amides is 1. The molecule has 1 atom stereocenters. The molecular weight excluding hydrogens is 242 g/mol. The van der Waals surface area contributed by atoms with Gasteiger partial charge in [-0.25, -0.2) is 0 Å². The summed E-state index contributed by atoms with van der Waals surface area (Å²) in [6, 6.07) is 9.83. The lowest BCUT2D eigenvalue weighted by molar-refractivity contribution is -0.115. The molecule has 1 amide bonds. The number of hydrogen-bond acceptors (Lipinski definition) is 4. The summed E-state index contributed by atoms with van der Waals surface area (Å²) >= 11 is 0. The van der Waals surface area contributed by atoms with Crippen LogP contribution in [-0.2, 0) is 16.2 Å². The molecule has 5 nitrogen and oxygen atoms in total. The van der Waals surface area contributed by atoms with Crippen LogP contribution in [0.25, 0.3) is 0 Å². The van der Waals surface area contributed by atoms with Crippen LogP contribution in [0.3, 0.4) is 0 Å². The van der Waals surface area contributed by atoms with Gasteiger partial charge in [0.25, 0.3) is 5.91 Å². The first-order valence-corrected chi connectivity index (χ1v) is 6.55. The van der Waals surface area contributed by atoms with E-state index in [0.717, 1.165) is 25.1 Å². The molecule has 100 valence electrons. The largest absolute Gasteiger partial charge is 0.387 e. The number of nitrogens with zero attached hydrogens (tertiary/aromatic N) is 1. The summed E-state index contributed by atoms with van der Waals surface area (Å²) in [6.07, 6.45) is 1.51. The molecule has 0 saturated carbocycles. The molecule has 1 fully saturated rings. The molecule has 0 unspecified atom stereocenters. The first-order chi connectivity index (χ1) is 9.27. The average molecular weight is 259 g/mol.